The lowest BCUT2D eigenvalue weighted by molar-refractivity contribution is 0.576. The van der Waals surface area contributed by atoms with Gasteiger partial charge in [-0.15, -0.1) is 0 Å². The van der Waals surface area contributed by atoms with Crippen molar-refractivity contribution in [3.8, 4) is 0 Å². The molecule has 0 aliphatic heterocycles. The molecule has 18 heavy (non-hydrogen) atoms. The average Bonchev–Trinajstić information content (AvgIpc) is 2.29. The van der Waals surface area contributed by atoms with Gasteiger partial charge in [-0.05, 0) is 44.6 Å². The molecule has 2 N–H and O–H groups in total. The third-order valence-electron chi connectivity index (χ3n) is 2.40. The molecular formula is C11H16ClFN2O2S. The number of hydrogen-bond acceptors (Lipinski definition) is 3. The van der Waals surface area contributed by atoms with Crippen molar-refractivity contribution in [3.63, 3.8) is 0 Å². The van der Waals surface area contributed by atoms with Crippen molar-refractivity contribution in [2.45, 2.75) is 18.2 Å². The summed E-state index contributed by atoms with van der Waals surface area (Å²) in [5, 5.41) is 2.80. The van der Waals surface area contributed by atoms with Crippen LogP contribution in [0.25, 0.3) is 0 Å². The minimum atomic E-state index is -3.69. The van der Waals surface area contributed by atoms with E-state index < -0.39 is 15.8 Å². The van der Waals surface area contributed by atoms with Gasteiger partial charge in [0.1, 0.15) is 10.7 Å². The predicted molar refractivity (Wildman–Crippen MR) is 69.9 cm³/mol. The van der Waals surface area contributed by atoms with Gasteiger partial charge in [0.15, 0.2) is 0 Å². The van der Waals surface area contributed by atoms with Crippen LogP contribution in [0.4, 0.5) is 4.39 Å². The first kappa shape index (κ1) is 15.4. The molecule has 1 aromatic rings. The minimum Gasteiger partial charge on any atom is -0.320 e. The highest BCUT2D eigenvalue weighted by molar-refractivity contribution is 7.89. The van der Waals surface area contributed by atoms with Crippen LogP contribution in [0.5, 0.6) is 0 Å². The van der Waals surface area contributed by atoms with Crippen molar-refractivity contribution in [2.75, 3.05) is 20.1 Å². The van der Waals surface area contributed by atoms with E-state index in [1.54, 1.807) is 7.05 Å². The summed E-state index contributed by atoms with van der Waals surface area (Å²) in [5.41, 5.74) is 0.245. The summed E-state index contributed by atoms with van der Waals surface area (Å²) in [4.78, 5) is -0.0903. The van der Waals surface area contributed by atoms with Crippen molar-refractivity contribution in [1.82, 2.24) is 10.0 Å². The highest BCUT2D eigenvalue weighted by atomic mass is 35.5. The molecule has 0 spiro atoms. The van der Waals surface area contributed by atoms with Gasteiger partial charge in [0.05, 0.1) is 5.02 Å². The molecule has 0 amide bonds. The van der Waals surface area contributed by atoms with Crippen LogP contribution in [0, 0.1) is 12.7 Å². The second-order valence-electron chi connectivity index (χ2n) is 3.89. The minimum absolute atomic E-state index is 0.0903. The number of halogens is 2. The number of sulfonamides is 1. The van der Waals surface area contributed by atoms with Crippen molar-refractivity contribution in [1.29, 1.82) is 0 Å². The van der Waals surface area contributed by atoms with Crippen LogP contribution >= 0.6 is 11.6 Å². The van der Waals surface area contributed by atoms with E-state index >= 15 is 0 Å². The van der Waals surface area contributed by atoms with E-state index in [1.165, 1.54) is 13.0 Å². The lowest BCUT2D eigenvalue weighted by Crippen LogP contribution is -2.27. The Morgan fingerprint density at radius 1 is 1.33 bits per heavy atom. The fourth-order valence-electron chi connectivity index (χ4n) is 1.39. The Labute approximate surface area is 112 Å². The zero-order valence-corrected chi connectivity index (χ0v) is 11.8. The summed E-state index contributed by atoms with van der Waals surface area (Å²) in [6.07, 6.45) is 0.660. The van der Waals surface area contributed by atoms with E-state index in [-0.39, 0.29) is 15.5 Å². The largest absolute Gasteiger partial charge is 0.320 e. The Morgan fingerprint density at radius 2 is 2.00 bits per heavy atom. The number of nitrogens with one attached hydrogen (secondary N) is 2. The van der Waals surface area contributed by atoms with Gasteiger partial charge in [0.2, 0.25) is 10.0 Å². The quantitative estimate of drug-likeness (QED) is 0.785. The predicted octanol–water partition coefficient (Wildman–Crippen LogP) is 1.68. The molecular weight excluding hydrogens is 279 g/mol. The summed E-state index contributed by atoms with van der Waals surface area (Å²) in [5.74, 6) is -0.519. The van der Waals surface area contributed by atoms with Gasteiger partial charge in [-0.25, -0.2) is 17.5 Å². The van der Waals surface area contributed by atoms with Crippen molar-refractivity contribution in [2.24, 2.45) is 0 Å². The standard InChI is InChI=1S/C11H16ClFN2O2S/c1-8-6-11(9(12)7-10(8)13)18(16,17)15-5-3-4-14-2/h6-7,14-15H,3-5H2,1-2H3. The molecule has 0 bridgehead atoms. The molecule has 0 heterocycles. The van der Waals surface area contributed by atoms with Crippen LogP contribution in [-0.2, 0) is 10.0 Å². The maximum absolute atomic E-state index is 13.2. The Morgan fingerprint density at radius 3 is 2.61 bits per heavy atom. The molecule has 0 atom stereocenters. The molecule has 4 nitrogen and oxygen atoms in total. The lowest BCUT2D eigenvalue weighted by Gasteiger charge is -2.09. The van der Waals surface area contributed by atoms with Crippen molar-refractivity contribution < 1.29 is 12.8 Å². The summed E-state index contributed by atoms with van der Waals surface area (Å²) in [6, 6.07) is 2.25. The van der Waals surface area contributed by atoms with Gasteiger partial charge in [-0.2, -0.15) is 0 Å². The fourth-order valence-corrected chi connectivity index (χ4v) is 3.06. The van der Waals surface area contributed by atoms with Crippen molar-refractivity contribution in [3.05, 3.63) is 28.5 Å². The van der Waals surface area contributed by atoms with Crippen LogP contribution in [-0.4, -0.2) is 28.6 Å². The van der Waals surface area contributed by atoms with E-state index in [2.05, 4.69) is 10.0 Å². The van der Waals surface area contributed by atoms with Crippen LogP contribution < -0.4 is 10.0 Å². The zero-order valence-electron chi connectivity index (χ0n) is 10.3. The van der Waals surface area contributed by atoms with Crippen LogP contribution in [0.1, 0.15) is 12.0 Å². The molecule has 102 valence electrons. The lowest BCUT2D eigenvalue weighted by atomic mass is 10.2. The molecule has 0 saturated carbocycles. The molecule has 1 rings (SSSR count). The SMILES string of the molecule is CNCCCNS(=O)(=O)c1cc(C)c(F)cc1Cl. The Bertz CT molecular complexity index is 520. The summed E-state index contributed by atoms with van der Waals surface area (Å²) < 4.78 is 39.5. The van der Waals surface area contributed by atoms with Gasteiger partial charge in [0, 0.05) is 6.54 Å². The van der Waals surface area contributed by atoms with Crippen molar-refractivity contribution >= 4 is 21.6 Å². The smallest absolute Gasteiger partial charge is 0.242 e. The molecule has 0 aromatic heterocycles. The Balaban J connectivity index is 2.88. The average molecular weight is 295 g/mol. The topological polar surface area (TPSA) is 58.2 Å². The van der Waals surface area contributed by atoms with Gasteiger partial charge in [-0.1, -0.05) is 11.6 Å². The van der Waals surface area contributed by atoms with Gasteiger partial charge >= 0.3 is 0 Å². The molecule has 0 saturated heterocycles. The second kappa shape index (κ2) is 6.47. The normalized spacial score (nSPS) is 11.8. The van der Waals surface area contributed by atoms with Crippen LogP contribution in [0.2, 0.25) is 5.02 Å². The van der Waals surface area contributed by atoms with Gasteiger partial charge in [-0.3, -0.25) is 0 Å². The number of rotatable bonds is 6. The highest BCUT2D eigenvalue weighted by Gasteiger charge is 2.19. The molecule has 1 aromatic carbocycles. The third kappa shape index (κ3) is 3.91. The van der Waals surface area contributed by atoms with Gasteiger partial charge in [0.25, 0.3) is 0 Å². The second-order valence-corrected chi connectivity index (χ2v) is 6.03. The zero-order chi connectivity index (χ0) is 13.8. The molecule has 7 heteroatoms. The number of hydrogen-bond donors (Lipinski definition) is 2. The summed E-state index contributed by atoms with van der Waals surface area (Å²) >= 11 is 5.75. The monoisotopic (exact) mass is 294 g/mol. The van der Waals surface area contributed by atoms with E-state index in [0.717, 1.165) is 6.07 Å². The molecule has 0 aliphatic rings. The number of benzene rings is 1. The maximum Gasteiger partial charge on any atom is 0.242 e. The first-order valence-corrected chi connectivity index (χ1v) is 7.34. The Kier molecular flexibility index (Phi) is 5.52. The summed E-state index contributed by atoms with van der Waals surface area (Å²) in [7, 11) is -1.90. The highest BCUT2D eigenvalue weighted by Crippen LogP contribution is 2.24. The van der Waals surface area contributed by atoms with E-state index in [0.29, 0.717) is 19.5 Å². The van der Waals surface area contributed by atoms with E-state index in [9.17, 15) is 12.8 Å². The molecule has 0 unspecified atom stereocenters. The third-order valence-corrected chi connectivity index (χ3v) is 4.32. The molecule has 0 fully saturated rings. The molecule has 0 aliphatic carbocycles. The summed E-state index contributed by atoms with van der Waals surface area (Å²) in [6.45, 7) is 2.50. The molecule has 0 radical (unpaired) electrons. The van der Waals surface area contributed by atoms with E-state index in [4.69, 9.17) is 11.6 Å². The number of aryl methyl sites for hydroxylation is 1. The first-order valence-electron chi connectivity index (χ1n) is 5.48. The van der Waals surface area contributed by atoms with Gasteiger partial charge < -0.3 is 5.32 Å². The Hall–Kier alpha value is -0.690. The van der Waals surface area contributed by atoms with E-state index in [1.807, 2.05) is 0 Å². The fraction of sp³-hybridized carbons (Fsp3) is 0.455. The first-order chi connectivity index (χ1) is 8.38. The van der Waals surface area contributed by atoms with Crippen LogP contribution in [0.3, 0.4) is 0 Å². The van der Waals surface area contributed by atoms with Crippen LogP contribution in [0.15, 0.2) is 17.0 Å². The maximum atomic E-state index is 13.2.